The highest BCUT2D eigenvalue weighted by Crippen LogP contribution is 2.20. The second kappa shape index (κ2) is 5.10. The van der Waals surface area contributed by atoms with Gasteiger partial charge in [-0.25, -0.2) is 0 Å². The molecule has 1 fully saturated rings. The molecule has 0 aliphatic heterocycles. The fraction of sp³-hybridized carbons (Fsp3) is 1.00. The number of hydrogen-bond acceptors (Lipinski definition) is 3. The fourth-order valence-corrected chi connectivity index (χ4v) is 2.18. The lowest BCUT2D eigenvalue weighted by Crippen LogP contribution is -2.54. The number of aliphatic hydroxyl groups is 1. The first-order valence-electron chi connectivity index (χ1n) is 5.50. The maximum Gasteiger partial charge on any atom is 0.0693 e. The van der Waals surface area contributed by atoms with Crippen LogP contribution in [0.3, 0.4) is 0 Å². The van der Waals surface area contributed by atoms with E-state index in [2.05, 4.69) is 19.2 Å². The van der Waals surface area contributed by atoms with Crippen molar-refractivity contribution in [2.45, 2.75) is 57.2 Å². The molecule has 1 aliphatic rings. The first kappa shape index (κ1) is 12.0. The molecule has 0 bridgehead atoms. The summed E-state index contributed by atoms with van der Waals surface area (Å²) in [6.45, 7) is 4.89. The third kappa shape index (κ3) is 3.56. The van der Waals surface area contributed by atoms with Gasteiger partial charge in [0.2, 0.25) is 0 Å². The van der Waals surface area contributed by atoms with Crippen LogP contribution in [0.25, 0.3) is 0 Å². The van der Waals surface area contributed by atoms with E-state index in [-0.39, 0.29) is 17.7 Å². The van der Waals surface area contributed by atoms with E-state index in [1.807, 2.05) is 0 Å². The van der Waals surface area contributed by atoms with Gasteiger partial charge in [-0.15, -0.1) is 0 Å². The quantitative estimate of drug-likeness (QED) is 0.720. The molecule has 14 heavy (non-hydrogen) atoms. The summed E-state index contributed by atoms with van der Waals surface area (Å²) in [6.07, 6.45) is 4.21. The minimum absolute atomic E-state index is 0.0439. The molecule has 0 radical (unpaired) electrons. The largest absolute Gasteiger partial charge is 0.392 e. The highest BCUT2D eigenvalue weighted by Gasteiger charge is 2.28. The lowest BCUT2D eigenvalue weighted by molar-refractivity contribution is 0.0544. The Bertz CT molecular complexity index is 171. The molecule has 3 heteroatoms. The van der Waals surface area contributed by atoms with Crippen LogP contribution in [0.4, 0.5) is 0 Å². The van der Waals surface area contributed by atoms with Gasteiger partial charge in [0, 0.05) is 18.7 Å². The molecule has 0 spiro atoms. The Morgan fingerprint density at radius 3 is 2.57 bits per heavy atom. The molecular formula is C11H23NO2. The van der Waals surface area contributed by atoms with Crippen molar-refractivity contribution in [1.82, 2.24) is 5.32 Å². The van der Waals surface area contributed by atoms with Crippen molar-refractivity contribution in [3.05, 3.63) is 0 Å². The van der Waals surface area contributed by atoms with Crippen LogP contribution in [0.1, 0.15) is 39.5 Å². The normalized spacial score (nSPS) is 29.1. The second-order valence-corrected chi connectivity index (χ2v) is 4.92. The van der Waals surface area contributed by atoms with Crippen LogP contribution in [0.2, 0.25) is 0 Å². The Morgan fingerprint density at radius 2 is 2.00 bits per heavy atom. The van der Waals surface area contributed by atoms with Gasteiger partial charge < -0.3 is 15.2 Å². The predicted molar refractivity (Wildman–Crippen MR) is 57.4 cm³/mol. The molecule has 3 nitrogen and oxygen atoms in total. The van der Waals surface area contributed by atoms with E-state index < -0.39 is 0 Å². The van der Waals surface area contributed by atoms with Crippen LogP contribution < -0.4 is 5.32 Å². The van der Waals surface area contributed by atoms with Crippen molar-refractivity contribution in [2.24, 2.45) is 0 Å². The molecule has 0 heterocycles. The molecule has 0 aromatic heterocycles. The Labute approximate surface area is 86.8 Å². The summed E-state index contributed by atoms with van der Waals surface area (Å²) >= 11 is 0. The van der Waals surface area contributed by atoms with Crippen molar-refractivity contribution in [3.8, 4) is 0 Å². The zero-order valence-corrected chi connectivity index (χ0v) is 9.55. The van der Waals surface area contributed by atoms with E-state index in [4.69, 9.17) is 4.74 Å². The number of aliphatic hydroxyl groups excluding tert-OH is 1. The molecule has 1 saturated carbocycles. The summed E-state index contributed by atoms with van der Waals surface area (Å²) < 4.78 is 5.14. The van der Waals surface area contributed by atoms with E-state index >= 15 is 0 Å². The van der Waals surface area contributed by atoms with Gasteiger partial charge in [0.1, 0.15) is 0 Å². The van der Waals surface area contributed by atoms with E-state index in [1.54, 1.807) is 7.11 Å². The SMILES string of the molecule is COCC(C)(C)NC1CCCCC1O. The molecule has 84 valence electrons. The maximum absolute atomic E-state index is 9.80. The van der Waals surface area contributed by atoms with Gasteiger partial charge in [0.05, 0.1) is 12.7 Å². The summed E-state index contributed by atoms with van der Waals surface area (Å²) in [5, 5.41) is 13.3. The van der Waals surface area contributed by atoms with Gasteiger partial charge in [-0.05, 0) is 26.7 Å². The second-order valence-electron chi connectivity index (χ2n) is 4.92. The zero-order valence-electron chi connectivity index (χ0n) is 9.55. The smallest absolute Gasteiger partial charge is 0.0693 e. The lowest BCUT2D eigenvalue weighted by Gasteiger charge is -2.36. The van der Waals surface area contributed by atoms with E-state index in [1.165, 1.54) is 6.42 Å². The number of hydrogen-bond donors (Lipinski definition) is 2. The minimum Gasteiger partial charge on any atom is -0.392 e. The molecular weight excluding hydrogens is 178 g/mol. The Morgan fingerprint density at radius 1 is 1.36 bits per heavy atom. The number of methoxy groups -OCH3 is 1. The van der Waals surface area contributed by atoms with Crippen LogP contribution >= 0.6 is 0 Å². The van der Waals surface area contributed by atoms with Crippen LogP contribution in [-0.4, -0.2) is 36.5 Å². The van der Waals surface area contributed by atoms with E-state index in [0.717, 1.165) is 19.3 Å². The molecule has 0 amide bonds. The van der Waals surface area contributed by atoms with Crippen LogP contribution in [0.5, 0.6) is 0 Å². The molecule has 1 rings (SSSR count). The molecule has 0 aromatic carbocycles. The minimum atomic E-state index is -0.181. The van der Waals surface area contributed by atoms with Gasteiger partial charge in [-0.2, -0.15) is 0 Å². The molecule has 2 N–H and O–H groups in total. The first-order valence-corrected chi connectivity index (χ1v) is 5.50. The monoisotopic (exact) mass is 201 g/mol. The van der Waals surface area contributed by atoms with Gasteiger partial charge in [0.15, 0.2) is 0 Å². The standard InChI is InChI=1S/C11H23NO2/c1-11(2,8-14-3)12-9-6-4-5-7-10(9)13/h9-10,12-13H,4-8H2,1-3H3. The molecule has 2 unspecified atom stereocenters. The third-order valence-electron chi connectivity index (χ3n) is 2.81. The van der Waals surface area contributed by atoms with Crippen molar-refractivity contribution in [3.63, 3.8) is 0 Å². The van der Waals surface area contributed by atoms with Crippen molar-refractivity contribution >= 4 is 0 Å². The lowest BCUT2D eigenvalue weighted by atomic mass is 9.90. The van der Waals surface area contributed by atoms with Gasteiger partial charge in [-0.3, -0.25) is 0 Å². The van der Waals surface area contributed by atoms with Gasteiger partial charge in [-0.1, -0.05) is 12.8 Å². The van der Waals surface area contributed by atoms with E-state index in [0.29, 0.717) is 6.61 Å². The van der Waals surface area contributed by atoms with Gasteiger partial charge in [0.25, 0.3) is 0 Å². The number of nitrogens with one attached hydrogen (secondary N) is 1. The predicted octanol–water partition coefficient (Wildman–Crippen LogP) is 1.30. The van der Waals surface area contributed by atoms with Crippen molar-refractivity contribution in [2.75, 3.05) is 13.7 Å². The summed E-state index contributed by atoms with van der Waals surface area (Å²) in [7, 11) is 1.71. The Balaban J connectivity index is 2.40. The van der Waals surface area contributed by atoms with Crippen LogP contribution in [0, 0.1) is 0 Å². The highest BCUT2D eigenvalue weighted by molar-refractivity contribution is 4.88. The van der Waals surface area contributed by atoms with Gasteiger partial charge >= 0.3 is 0 Å². The summed E-state index contributed by atoms with van der Waals surface area (Å²) in [4.78, 5) is 0. The summed E-state index contributed by atoms with van der Waals surface area (Å²) in [6, 6.07) is 0.244. The van der Waals surface area contributed by atoms with Crippen LogP contribution in [-0.2, 0) is 4.74 Å². The molecule has 2 atom stereocenters. The van der Waals surface area contributed by atoms with Crippen LogP contribution in [0.15, 0.2) is 0 Å². The number of ether oxygens (including phenoxy) is 1. The first-order chi connectivity index (χ1) is 6.55. The highest BCUT2D eigenvalue weighted by atomic mass is 16.5. The Kier molecular flexibility index (Phi) is 4.35. The Hall–Kier alpha value is -0.120. The van der Waals surface area contributed by atoms with Crippen molar-refractivity contribution in [1.29, 1.82) is 0 Å². The molecule has 0 aromatic rings. The zero-order chi connectivity index (χ0) is 10.6. The number of rotatable bonds is 4. The fourth-order valence-electron chi connectivity index (χ4n) is 2.18. The summed E-state index contributed by atoms with van der Waals surface area (Å²) in [5.74, 6) is 0. The molecule has 0 saturated heterocycles. The average molecular weight is 201 g/mol. The average Bonchev–Trinajstić information content (AvgIpc) is 2.08. The van der Waals surface area contributed by atoms with E-state index in [9.17, 15) is 5.11 Å². The summed E-state index contributed by atoms with van der Waals surface area (Å²) in [5.41, 5.74) is -0.0439. The maximum atomic E-state index is 9.80. The third-order valence-corrected chi connectivity index (χ3v) is 2.81. The topological polar surface area (TPSA) is 41.5 Å². The molecule has 1 aliphatic carbocycles. The van der Waals surface area contributed by atoms with Crippen molar-refractivity contribution < 1.29 is 9.84 Å².